The molecule has 138 valence electrons. The summed E-state index contributed by atoms with van der Waals surface area (Å²) in [5, 5.41) is 6.54. The monoisotopic (exact) mass is 378 g/mol. The number of carbonyl (C=O) groups excluding carboxylic acids is 1. The highest BCUT2D eigenvalue weighted by atomic mass is 32.1. The molecule has 0 saturated heterocycles. The number of carbonyl (C=O) groups is 1. The molecule has 2 heterocycles. The third-order valence-corrected chi connectivity index (χ3v) is 7.68. The Kier molecular flexibility index (Phi) is 3.45. The van der Waals surface area contributed by atoms with Crippen LogP contribution in [0, 0.1) is 23.7 Å². The molecule has 2 N–H and O–H groups in total. The van der Waals surface area contributed by atoms with Crippen molar-refractivity contribution in [3.63, 3.8) is 0 Å². The molecule has 0 atom stereocenters. The van der Waals surface area contributed by atoms with Crippen molar-refractivity contribution >= 4 is 39.5 Å². The second kappa shape index (κ2) is 5.89. The van der Waals surface area contributed by atoms with E-state index in [0.29, 0.717) is 17.7 Å². The van der Waals surface area contributed by atoms with Crippen LogP contribution in [-0.4, -0.2) is 22.9 Å². The Labute approximate surface area is 162 Å². The minimum atomic E-state index is -0.120. The summed E-state index contributed by atoms with van der Waals surface area (Å²) in [6.07, 6.45) is 8.72. The SMILES string of the molecule is O=C1NC(N[C@H]2C3CC4CC2C[C@H](C4)C3)=N/C1=C\c1ccc2ncsc2c1. The van der Waals surface area contributed by atoms with Gasteiger partial charge in [0.25, 0.3) is 5.91 Å². The average molecular weight is 379 g/mol. The van der Waals surface area contributed by atoms with Crippen molar-refractivity contribution in [3.05, 3.63) is 35.0 Å². The Balaban J connectivity index is 1.23. The molecule has 5 aliphatic rings. The molecular weight excluding hydrogens is 356 g/mol. The largest absolute Gasteiger partial charge is 0.352 e. The molecule has 4 saturated carbocycles. The Bertz CT molecular complexity index is 963. The summed E-state index contributed by atoms with van der Waals surface area (Å²) in [6, 6.07) is 6.51. The van der Waals surface area contributed by atoms with E-state index in [1.807, 2.05) is 23.7 Å². The fourth-order valence-electron chi connectivity index (χ4n) is 5.97. The predicted molar refractivity (Wildman–Crippen MR) is 107 cm³/mol. The Hall–Kier alpha value is -2.21. The summed E-state index contributed by atoms with van der Waals surface area (Å²) in [6.45, 7) is 0. The highest BCUT2D eigenvalue weighted by molar-refractivity contribution is 7.16. The summed E-state index contributed by atoms with van der Waals surface area (Å²) in [5.74, 6) is 3.92. The average Bonchev–Trinajstić information content (AvgIpc) is 3.24. The van der Waals surface area contributed by atoms with Gasteiger partial charge < -0.3 is 5.32 Å². The van der Waals surface area contributed by atoms with Gasteiger partial charge in [-0.1, -0.05) is 6.07 Å². The summed E-state index contributed by atoms with van der Waals surface area (Å²) in [7, 11) is 0. The zero-order valence-electron chi connectivity index (χ0n) is 15.0. The van der Waals surface area contributed by atoms with Crippen molar-refractivity contribution in [3.8, 4) is 0 Å². The van der Waals surface area contributed by atoms with Crippen molar-refractivity contribution < 1.29 is 4.79 Å². The standard InChI is InChI=1S/C21H22N4OS/c26-20-17(8-11-1-2-16-18(9-11)27-10-22-16)23-21(25-20)24-19-14-4-12-3-13(6-14)7-15(19)5-12/h1-2,8-10,12-15,19H,3-7H2,(H2,23,24,25,26)/b17-8-/t12-,13?,14?,15?,19+. The molecule has 4 fully saturated rings. The fraction of sp³-hybridized carbons (Fsp3) is 0.476. The first-order chi connectivity index (χ1) is 13.2. The van der Waals surface area contributed by atoms with Gasteiger partial charge in [0.1, 0.15) is 5.70 Å². The van der Waals surface area contributed by atoms with Crippen LogP contribution in [0.4, 0.5) is 0 Å². The van der Waals surface area contributed by atoms with Crippen LogP contribution in [0.5, 0.6) is 0 Å². The highest BCUT2D eigenvalue weighted by Gasteiger charge is 2.48. The Morgan fingerprint density at radius 2 is 1.89 bits per heavy atom. The van der Waals surface area contributed by atoms with Crippen molar-refractivity contribution in [1.29, 1.82) is 0 Å². The van der Waals surface area contributed by atoms with Crippen LogP contribution in [0.3, 0.4) is 0 Å². The third kappa shape index (κ3) is 2.69. The molecule has 2 aromatic rings. The van der Waals surface area contributed by atoms with Crippen LogP contribution in [0.1, 0.15) is 37.7 Å². The van der Waals surface area contributed by atoms with E-state index < -0.39 is 0 Å². The first-order valence-corrected chi connectivity index (χ1v) is 10.8. The molecule has 1 aromatic heterocycles. The number of thiazole rings is 1. The molecule has 27 heavy (non-hydrogen) atoms. The minimum absolute atomic E-state index is 0.120. The number of nitrogens with one attached hydrogen (secondary N) is 2. The van der Waals surface area contributed by atoms with Gasteiger partial charge in [0, 0.05) is 6.04 Å². The van der Waals surface area contributed by atoms with Gasteiger partial charge in [-0.05, 0) is 79.5 Å². The molecule has 6 heteroatoms. The quantitative estimate of drug-likeness (QED) is 0.786. The highest BCUT2D eigenvalue weighted by Crippen LogP contribution is 2.53. The number of hydrogen-bond donors (Lipinski definition) is 2. The zero-order valence-corrected chi connectivity index (χ0v) is 15.8. The Morgan fingerprint density at radius 3 is 2.67 bits per heavy atom. The van der Waals surface area contributed by atoms with Gasteiger partial charge in [-0.25, -0.2) is 9.98 Å². The van der Waals surface area contributed by atoms with E-state index in [1.54, 1.807) is 11.3 Å². The van der Waals surface area contributed by atoms with E-state index in [2.05, 4.69) is 26.7 Å². The molecule has 7 rings (SSSR count). The van der Waals surface area contributed by atoms with E-state index in [-0.39, 0.29) is 5.91 Å². The van der Waals surface area contributed by atoms with Crippen LogP contribution in [0.15, 0.2) is 34.4 Å². The smallest absolute Gasteiger partial charge is 0.276 e. The molecule has 1 aromatic carbocycles. The summed E-state index contributed by atoms with van der Waals surface area (Å²) < 4.78 is 1.12. The zero-order chi connectivity index (χ0) is 18.0. The lowest BCUT2D eigenvalue weighted by molar-refractivity contribution is -0.115. The van der Waals surface area contributed by atoms with E-state index in [1.165, 1.54) is 32.1 Å². The van der Waals surface area contributed by atoms with Crippen molar-refractivity contribution in [2.75, 3.05) is 0 Å². The molecule has 4 aliphatic carbocycles. The lowest BCUT2D eigenvalue weighted by Crippen LogP contribution is -2.57. The van der Waals surface area contributed by atoms with Crippen LogP contribution in [0.2, 0.25) is 0 Å². The topological polar surface area (TPSA) is 66.4 Å². The van der Waals surface area contributed by atoms with Gasteiger partial charge in [0.15, 0.2) is 0 Å². The van der Waals surface area contributed by atoms with Crippen LogP contribution < -0.4 is 10.6 Å². The van der Waals surface area contributed by atoms with Crippen molar-refractivity contribution in [1.82, 2.24) is 15.6 Å². The molecule has 5 nitrogen and oxygen atoms in total. The number of hydrogen-bond acceptors (Lipinski definition) is 5. The molecule has 0 unspecified atom stereocenters. The fourth-order valence-corrected chi connectivity index (χ4v) is 6.70. The summed E-state index contributed by atoms with van der Waals surface area (Å²) >= 11 is 1.61. The number of amides is 1. The van der Waals surface area contributed by atoms with Crippen molar-refractivity contribution in [2.24, 2.45) is 28.7 Å². The second-order valence-electron chi connectivity index (χ2n) is 8.62. The normalized spacial score (nSPS) is 35.7. The molecule has 0 radical (unpaired) electrons. The minimum Gasteiger partial charge on any atom is -0.352 e. The maximum absolute atomic E-state index is 12.4. The number of fused-ring (bicyclic) bond motifs is 1. The Morgan fingerprint density at radius 1 is 1.11 bits per heavy atom. The predicted octanol–water partition coefficient (Wildman–Crippen LogP) is 3.54. The lowest BCUT2D eigenvalue weighted by atomic mass is 9.54. The van der Waals surface area contributed by atoms with Gasteiger partial charge in [-0.2, -0.15) is 0 Å². The van der Waals surface area contributed by atoms with Crippen LogP contribution >= 0.6 is 11.3 Å². The first kappa shape index (κ1) is 15.8. The third-order valence-electron chi connectivity index (χ3n) is 6.89. The molecule has 1 aliphatic heterocycles. The second-order valence-corrected chi connectivity index (χ2v) is 9.51. The van der Waals surface area contributed by atoms with Gasteiger partial charge in [-0.3, -0.25) is 10.1 Å². The lowest BCUT2D eigenvalue weighted by Gasteiger charge is -2.54. The first-order valence-electron chi connectivity index (χ1n) is 9.93. The molecule has 0 spiro atoms. The molecular formula is C21H22N4OS. The van der Waals surface area contributed by atoms with E-state index in [0.717, 1.165) is 39.5 Å². The van der Waals surface area contributed by atoms with E-state index in [4.69, 9.17) is 0 Å². The number of benzene rings is 1. The van der Waals surface area contributed by atoms with Crippen LogP contribution in [0.25, 0.3) is 16.3 Å². The van der Waals surface area contributed by atoms with Crippen molar-refractivity contribution in [2.45, 2.75) is 38.1 Å². The maximum atomic E-state index is 12.4. The maximum Gasteiger partial charge on any atom is 0.276 e. The number of aromatic nitrogens is 1. The number of rotatable bonds is 2. The molecule has 1 amide bonds. The summed E-state index contributed by atoms with van der Waals surface area (Å²) in [5.41, 5.74) is 4.29. The summed E-state index contributed by atoms with van der Waals surface area (Å²) in [4.78, 5) is 21.3. The van der Waals surface area contributed by atoms with Gasteiger partial charge in [-0.15, -0.1) is 11.3 Å². The number of nitrogens with zero attached hydrogens (tertiary/aromatic N) is 2. The van der Waals surface area contributed by atoms with Gasteiger partial charge in [0.2, 0.25) is 5.96 Å². The number of guanidine groups is 1. The van der Waals surface area contributed by atoms with Crippen LogP contribution in [-0.2, 0) is 4.79 Å². The van der Waals surface area contributed by atoms with Gasteiger partial charge in [0.05, 0.1) is 15.7 Å². The van der Waals surface area contributed by atoms with E-state index in [9.17, 15) is 4.79 Å². The molecule has 4 bridgehead atoms. The van der Waals surface area contributed by atoms with E-state index >= 15 is 0 Å². The number of aliphatic imine (C=N–C) groups is 1. The van der Waals surface area contributed by atoms with Gasteiger partial charge >= 0.3 is 0 Å².